The zero-order chi connectivity index (χ0) is 14.3. The number of para-hydroxylation sites is 1. The Morgan fingerprint density at radius 3 is 2.38 bits per heavy atom. The summed E-state index contributed by atoms with van der Waals surface area (Å²) in [4.78, 5) is 4.07. The number of benzene rings is 2. The van der Waals surface area contributed by atoms with E-state index in [1.807, 2.05) is 59.3 Å². The second-order valence-corrected chi connectivity index (χ2v) is 4.64. The fourth-order valence-corrected chi connectivity index (χ4v) is 2.02. The minimum Gasteiger partial charge on any atom is -0.331 e. The van der Waals surface area contributed by atoms with Crippen LogP contribution in [0.15, 0.2) is 84.5 Å². The van der Waals surface area contributed by atoms with Crippen molar-refractivity contribution in [2.24, 2.45) is 5.10 Å². The van der Waals surface area contributed by atoms with Crippen molar-refractivity contribution in [3.05, 3.63) is 84.9 Å². The second kappa shape index (κ2) is 6.52. The van der Waals surface area contributed by atoms with Gasteiger partial charge in [0.25, 0.3) is 0 Å². The third-order valence-corrected chi connectivity index (χ3v) is 3.09. The highest BCUT2D eigenvalue weighted by Gasteiger charge is 2.04. The lowest BCUT2D eigenvalue weighted by Crippen LogP contribution is -2.12. The Kier molecular flexibility index (Phi) is 4.07. The third kappa shape index (κ3) is 3.57. The van der Waals surface area contributed by atoms with E-state index in [4.69, 9.17) is 0 Å². The molecule has 0 radical (unpaired) electrons. The summed E-state index contributed by atoms with van der Waals surface area (Å²) in [5, 5.41) is 4.56. The molecule has 0 spiro atoms. The molecule has 1 heterocycles. The number of hydrogen-bond donors (Lipinski definition) is 1. The van der Waals surface area contributed by atoms with Crippen LogP contribution in [0.3, 0.4) is 0 Å². The molecule has 0 aliphatic carbocycles. The molecule has 3 rings (SSSR count). The molecule has 3 aromatic rings. The van der Waals surface area contributed by atoms with Gasteiger partial charge in [0, 0.05) is 12.4 Å². The summed E-state index contributed by atoms with van der Waals surface area (Å²) in [6, 6.07) is 20.1. The molecule has 0 saturated carbocycles. The number of hydrogen-bond acceptors (Lipinski definition) is 3. The number of nitrogens with zero attached hydrogens (tertiary/aromatic N) is 3. The maximum atomic E-state index is 4.56. The predicted molar refractivity (Wildman–Crippen MR) is 85.3 cm³/mol. The van der Waals surface area contributed by atoms with Gasteiger partial charge < -0.3 is 4.57 Å². The first-order chi connectivity index (χ1) is 10.4. The first-order valence-corrected chi connectivity index (χ1v) is 6.80. The van der Waals surface area contributed by atoms with E-state index in [0.717, 1.165) is 17.0 Å². The molecular formula is C17H16N4. The third-order valence-electron chi connectivity index (χ3n) is 3.09. The Hall–Kier alpha value is -2.88. The predicted octanol–water partition coefficient (Wildman–Crippen LogP) is 3.40. The lowest BCUT2D eigenvalue weighted by Gasteiger charge is -2.09. The van der Waals surface area contributed by atoms with Crippen LogP contribution in [0, 0.1) is 0 Å². The normalized spacial score (nSPS) is 11.3. The molecule has 1 N–H and O–H groups in total. The molecule has 0 saturated heterocycles. The van der Waals surface area contributed by atoms with Gasteiger partial charge >= 0.3 is 0 Å². The van der Waals surface area contributed by atoms with E-state index in [1.165, 1.54) is 0 Å². The topological polar surface area (TPSA) is 42.2 Å². The molecule has 0 amide bonds. The number of anilines is 1. The standard InChI is InChI=1S/C17H16N4/c1-3-7-15(8-4-1)17(13-21-12-11-18-14-21)20-19-16-9-5-2-6-10-16/h1-12,14,19H,13H2/b20-17+. The molecule has 0 fully saturated rings. The summed E-state index contributed by atoms with van der Waals surface area (Å²) >= 11 is 0. The number of hydrazone groups is 1. The van der Waals surface area contributed by atoms with Crippen LogP contribution in [0.1, 0.15) is 5.56 Å². The summed E-state index contributed by atoms with van der Waals surface area (Å²) in [6.07, 6.45) is 5.50. The van der Waals surface area contributed by atoms with Crippen molar-refractivity contribution in [2.45, 2.75) is 6.54 Å². The zero-order valence-electron chi connectivity index (χ0n) is 11.6. The number of aromatic nitrogens is 2. The highest BCUT2D eigenvalue weighted by Crippen LogP contribution is 2.08. The molecule has 4 heteroatoms. The van der Waals surface area contributed by atoms with Gasteiger partial charge in [0.05, 0.1) is 24.3 Å². The fourth-order valence-electron chi connectivity index (χ4n) is 2.02. The lowest BCUT2D eigenvalue weighted by molar-refractivity contribution is 0.848. The van der Waals surface area contributed by atoms with Gasteiger partial charge in [-0.05, 0) is 17.7 Å². The van der Waals surface area contributed by atoms with E-state index in [-0.39, 0.29) is 0 Å². The van der Waals surface area contributed by atoms with Crippen molar-refractivity contribution in [3.8, 4) is 0 Å². The van der Waals surface area contributed by atoms with Crippen LogP contribution in [0.4, 0.5) is 5.69 Å². The minimum atomic E-state index is 0.670. The van der Waals surface area contributed by atoms with Crippen LogP contribution in [0.25, 0.3) is 0 Å². The lowest BCUT2D eigenvalue weighted by atomic mass is 10.1. The van der Waals surface area contributed by atoms with Gasteiger partial charge in [0.15, 0.2) is 0 Å². The molecular weight excluding hydrogens is 260 g/mol. The molecule has 2 aromatic carbocycles. The molecule has 1 aromatic heterocycles. The van der Waals surface area contributed by atoms with Crippen molar-refractivity contribution in [3.63, 3.8) is 0 Å². The van der Waals surface area contributed by atoms with Crippen LogP contribution in [0.5, 0.6) is 0 Å². The van der Waals surface area contributed by atoms with E-state index in [1.54, 1.807) is 12.5 Å². The summed E-state index contributed by atoms with van der Waals surface area (Å²) < 4.78 is 2.00. The number of nitrogens with one attached hydrogen (secondary N) is 1. The maximum absolute atomic E-state index is 4.56. The summed E-state index contributed by atoms with van der Waals surface area (Å²) in [5.74, 6) is 0. The highest BCUT2D eigenvalue weighted by atomic mass is 15.3. The highest BCUT2D eigenvalue weighted by molar-refractivity contribution is 6.00. The van der Waals surface area contributed by atoms with E-state index in [0.29, 0.717) is 6.54 Å². The SMILES string of the molecule is c1ccc(N/N=C(\Cn2ccnc2)c2ccccc2)cc1. The number of imidazole rings is 1. The zero-order valence-corrected chi connectivity index (χ0v) is 11.6. The van der Waals surface area contributed by atoms with Crippen LogP contribution < -0.4 is 5.43 Å². The van der Waals surface area contributed by atoms with Crippen LogP contribution in [0.2, 0.25) is 0 Å². The van der Waals surface area contributed by atoms with E-state index >= 15 is 0 Å². The van der Waals surface area contributed by atoms with E-state index in [9.17, 15) is 0 Å². The van der Waals surface area contributed by atoms with Crippen molar-refractivity contribution < 1.29 is 0 Å². The maximum Gasteiger partial charge on any atom is 0.0949 e. The van der Waals surface area contributed by atoms with E-state index < -0.39 is 0 Å². The van der Waals surface area contributed by atoms with Crippen molar-refractivity contribution in [2.75, 3.05) is 5.43 Å². The molecule has 0 aliphatic heterocycles. The molecule has 0 bridgehead atoms. The van der Waals surface area contributed by atoms with Crippen LogP contribution in [-0.2, 0) is 6.54 Å². The van der Waals surface area contributed by atoms with Crippen molar-refractivity contribution in [1.82, 2.24) is 9.55 Å². The molecule has 0 aliphatic rings. The van der Waals surface area contributed by atoms with Crippen LogP contribution >= 0.6 is 0 Å². The van der Waals surface area contributed by atoms with Gasteiger partial charge in [-0.25, -0.2) is 4.98 Å². The Morgan fingerprint density at radius 2 is 1.71 bits per heavy atom. The van der Waals surface area contributed by atoms with Crippen molar-refractivity contribution in [1.29, 1.82) is 0 Å². The molecule has 0 atom stereocenters. The molecule has 21 heavy (non-hydrogen) atoms. The molecule has 4 nitrogen and oxygen atoms in total. The first kappa shape index (κ1) is 13.1. The van der Waals surface area contributed by atoms with Crippen LogP contribution in [-0.4, -0.2) is 15.3 Å². The molecule has 0 unspecified atom stereocenters. The Bertz CT molecular complexity index is 688. The number of rotatable bonds is 5. The van der Waals surface area contributed by atoms with Crippen molar-refractivity contribution >= 4 is 11.4 Å². The Labute approximate surface area is 123 Å². The average Bonchev–Trinajstić information content (AvgIpc) is 3.06. The van der Waals surface area contributed by atoms with Gasteiger partial charge in [-0.15, -0.1) is 0 Å². The van der Waals surface area contributed by atoms with Gasteiger partial charge in [0.1, 0.15) is 0 Å². The molecule has 104 valence electrons. The quantitative estimate of drug-likeness (QED) is 0.573. The summed E-state index contributed by atoms with van der Waals surface area (Å²) in [5.41, 5.74) is 6.13. The minimum absolute atomic E-state index is 0.670. The summed E-state index contributed by atoms with van der Waals surface area (Å²) in [7, 11) is 0. The van der Waals surface area contributed by atoms with Gasteiger partial charge in [-0.3, -0.25) is 5.43 Å². The average molecular weight is 276 g/mol. The fraction of sp³-hybridized carbons (Fsp3) is 0.0588. The Balaban J connectivity index is 1.85. The monoisotopic (exact) mass is 276 g/mol. The van der Waals surface area contributed by atoms with Gasteiger partial charge in [-0.1, -0.05) is 48.5 Å². The summed E-state index contributed by atoms with van der Waals surface area (Å²) in [6.45, 7) is 0.670. The first-order valence-electron chi connectivity index (χ1n) is 6.80. The smallest absolute Gasteiger partial charge is 0.0949 e. The van der Waals surface area contributed by atoms with Gasteiger partial charge in [-0.2, -0.15) is 5.10 Å². The van der Waals surface area contributed by atoms with E-state index in [2.05, 4.69) is 27.6 Å². The second-order valence-electron chi connectivity index (χ2n) is 4.64. The van der Waals surface area contributed by atoms with Gasteiger partial charge in [0.2, 0.25) is 0 Å². The Morgan fingerprint density at radius 1 is 1.00 bits per heavy atom. The largest absolute Gasteiger partial charge is 0.331 e.